The summed E-state index contributed by atoms with van der Waals surface area (Å²) < 4.78 is 0. The van der Waals surface area contributed by atoms with Gasteiger partial charge in [0, 0.05) is 39.6 Å². The van der Waals surface area contributed by atoms with Crippen LogP contribution in [0.2, 0.25) is 0 Å². The Bertz CT molecular complexity index is 1450. The van der Waals surface area contributed by atoms with E-state index in [1.807, 2.05) is 42.5 Å². The van der Waals surface area contributed by atoms with Crippen molar-refractivity contribution < 1.29 is 14.7 Å². The lowest BCUT2D eigenvalue weighted by Crippen LogP contribution is -2.57. The van der Waals surface area contributed by atoms with Crippen molar-refractivity contribution in [1.82, 2.24) is 20.4 Å². The molecule has 1 aliphatic rings. The molecular formula is C32H36N4O3. The van der Waals surface area contributed by atoms with E-state index in [0.29, 0.717) is 25.9 Å². The van der Waals surface area contributed by atoms with Gasteiger partial charge >= 0.3 is 6.03 Å². The fourth-order valence-corrected chi connectivity index (χ4v) is 5.32. The average Bonchev–Trinajstić information content (AvgIpc) is 2.99. The molecule has 0 radical (unpaired) electrons. The number of urea groups is 1. The molecule has 1 fully saturated rings. The Balaban J connectivity index is 1.36. The zero-order valence-corrected chi connectivity index (χ0v) is 22.3. The zero-order chi connectivity index (χ0) is 27.2. The van der Waals surface area contributed by atoms with Crippen LogP contribution in [0.4, 0.5) is 4.79 Å². The number of aliphatic hydroxyl groups excluding tert-OH is 1. The lowest BCUT2D eigenvalue weighted by Gasteiger charge is -2.35. The lowest BCUT2D eigenvalue weighted by molar-refractivity contribution is -0.126. The van der Waals surface area contributed by atoms with Gasteiger partial charge in [-0.3, -0.25) is 4.79 Å². The molecule has 0 unspecified atom stereocenters. The minimum atomic E-state index is -0.723. The highest BCUT2D eigenvalue weighted by molar-refractivity contribution is 5.88. The largest absolute Gasteiger partial charge is 0.394 e. The molecule has 0 saturated carbocycles. The number of fused-ring (bicyclic) bond motifs is 2. The van der Waals surface area contributed by atoms with E-state index in [9.17, 15) is 14.7 Å². The minimum absolute atomic E-state index is 0.160. The smallest absolute Gasteiger partial charge is 0.320 e. The molecule has 1 heterocycles. The molecule has 0 aliphatic carbocycles. The van der Waals surface area contributed by atoms with Gasteiger partial charge < -0.3 is 25.5 Å². The van der Waals surface area contributed by atoms with Gasteiger partial charge in [0.05, 0.1) is 12.6 Å². The van der Waals surface area contributed by atoms with E-state index in [-0.39, 0.29) is 18.5 Å². The zero-order valence-electron chi connectivity index (χ0n) is 22.3. The van der Waals surface area contributed by atoms with Crippen LogP contribution in [-0.2, 0) is 17.6 Å². The number of carbonyl (C=O) groups is 2. The molecule has 4 aromatic rings. The van der Waals surface area contributed by atoms with Crippen LogP contribution in [0.1, 0.15) is 11.1 Å². The third-order valence-electron chi connectivity index (χ3n) is 7.57. The van der Waals surface area contributed by atoms with E-state index >= 15 is 0 Å². The number of amides is 3. The molecule has 1 aliphatic heterocycles. The fourth-order valence-electron chi connectivity index (χ4n) is 5.32. The van der Waals surface area contributed by atoms with Crippen molar-refractivity contribution in [3.8, 4) is 0 Å². The summed E-state index contributed by atoms with van der Waals surface area (Å²) in [6, 6.07) is 27.2. The van der Waals surface area contributed by atoms with Gasteiger partial charge in [-0.25, -0.2) is 4.79 Å². The third kappa shape index (κ3) is 6.38. The Morgan fingerprint density at radius 3 is 1.95 bits per heavy atom. The number of piperazine rings is 1. The van der Waals surface area contributed by atoms with Crippen LogP contribution in [0.25, 0.3) is 21.5 Å². The van der Waals surface area contributed by atoms with Crippen LogP contribution in [0.3, 0.4) is 0 Å². The van der Waals surface area contributed by atoms with Crippen LogP contribution < -0.4 is 10.6 Å². The first kappa shape index (κ1) is 26.7. The summed E-state index contributed by atoms with van der Waals surface area (Å²) in [6.07, 6.45) is 0.865. The quantitative estimate of drug-likeness (QED) is 0.329. The summed E-state index contributed by atoms with van der Waals surface area (Å²) in [4.78, 5) is 30.5. The van der Waals surface area contributed by atoms with Crippen molar-refractivity contribution in [1.29, 1.82) is 0 Å². The minimum Gasteiger partial charge on any atom is -0.394 e. The second-order valence-electron chi connectivity index (χ2n) is 10.3. The normalized spacial score (nSPS) is 15.2. The maximum atomic E-state index is 13.8. The van der Waals surface area contributed by atoms with Gasteiger partial charge in [0.25, 0.3) is 0 Å². The Hall–Kier alpha value is -3.94. The number of nitrogens with one attached hydrogen (secondary N) is 2. The number of likely N-dealkylation sites (N-methyl/N-ethyl adjacent to an activating group) is 1. The van der Waals surface area contributed by atoms with Crippen LogP contribution >= 0.6 is 0 Å². The van der Waals surface area contributed by atoms with Crippen molar-refractivity contribution in [2.24, 2.45) is 0 Å². The molecule has 5 rings (SSSR count). The van der Waals surface area contributed by atoms with Crippen LogP contribution in [0.15, 0.2) is 84.9 Å². The van der Waals surface area contributed by atoms with Gasteiger partial charge in [-0.15, -0.1) is 0 Å². The van der Waals surface area contributed by atoms with Crippen LogP contribution in [0, 0.1) is 0 Å². The summed E-state index contributed by atoms with van der Waals surface area (Å²) in [5.74, 6) is -0.269. The molecule has 3 amide bonds. The molecule has 0 spiro atoms. The van der Waals surface area contributed by atoms with Crippen molar-refractivity contribution >= 4 is 33.5 Å². The summed E-state index contributed by atoms with van der Waals surface area (Å²) in [5.41, 5.74) is 2.01. The number of benzene rings is 4. The first-order valence-corrected chi connectivity index (χ1v) is 13.6. The second kappa shape index (κ2) is 12.3. The Morgan fingerprint density at radius 2 is 1.38 bits per heavy atom. The van der Waals surface area contributed by atoms with E-state index in [0.717, 1.165) is 45.8 Å². The maximum absolute atomic E-state index is 13.8. The fraction of sp³-hybridized carbons (Fsp3) is 0.312. The van der Waals surface area contributed by atoms with Gasteiger partial charge in [-0.1, -0.05) is 84.9 Å². The van der Waals surface area contributed by atoms with Gasteiger partial charge in [-0.05, 0) is 39.1 Å². The highest BCUT2D eigenvalue weighted by Crippen LogP contribution is 2.20. The molecule has 0 aromatic heterocycles. The highest BCUT2D eigenvalue weighted by Gasteiger charge is 2.31. The average molecular weight is 525 g/mol. The molecule has 1 saturated heterocycles. The highest BCUT2D eigenvalue weighted by atomic mass is 16.3. The van der Waals surface area contributed by atoms with Crippen LogP contribution in [0.5, 0.6) is 0 Å². The molecule has 7 heteroatoms. The SMILES string of the molecule is CN(C(=O)N1CCNCC1)[C@H](Cc1ccc2ccccc2c1)C(=O)N[C@@H](CO)Cc1ccc2ccccc2c1. The number of hydrogen-bond donors (Lipinski definition) is 3. The summed E-state index contributed by atoms with van der Waals surface area (Å²) in [6.45, 7) is 2.49. The van der Waals surface area contributed by atoms with Crippen molar-refractivity contribution in [3.05, 3.63) is 96.1 Å². The van der Waals surface area contributed by atoms with E-state index in [4.69, 9.17) is 0 Å². The molecule has 4 aromatic carbocycles. The molecular weight excluding hydrogens is 488 g/mol. The van der Waals surface area contributed by atoms with E-state index in [1.54, 1.807) is 16.8 Å². The Labute approximate surface area is 229 Å². The van der Waals surface area contributed by atoms with Gasteiger partial charge in [0.15, 0.2) is 0 Å². The van der Waals surface area contributed by atoms with E-state index in [1.165, 1.54) is 0 Å². The predicted molar refractivity (Wildman–Crippen MR) is 156 cm³/mol. The maximum Gasteiger partial charge on any atom is 0.320 e. The molecule has 3 N–H and O–H groups in total. The topological polar surface area (TPSA) is 84.9 Å². The molecule has 202 valence electrons. The number of aliphatic hydroxyl groups is 1. The Morgan fingerprint density at radius 1 is 0.846 bits per heavy atom. The van der Waals surface area contributed by atoms with Gasteiger partial charge in [-0.2, -0.15) is 0 Å². The lowest BCUT2D eigenvalue weighted by atomic mass is 9.99. The van der Waals surface area contributed by atoms with Gasteiger partial charge in [0.2, 0.25) is 5.91 Å². The number of rotatable bonds is 8. The second-order valence-corrected chi connectivity index (χ2v) is 10.3. The summed E-state index contributed by atoms with van der Waals surface area (Å²) in [7, 11) is 1.70. The summed E-state index contributed by atoms with van der Waals surface area (Å²) in [5, 5.41) is 21.0. The monoisotopic (exact) mass is 524 g/mol. The van der Waals surface area contributed by atoms with Crippen molar-refractivity contribution in [3.63, 3.8) is 0 Å². The number of hydrogen-bond acceptors (Lipinski definition) is 4. The first-order chi connectivity index (χ1) is 19.0. The molecule has 39 heavy (non-hydrogen) atoms. The molecule has 7 nitrogen and oxygen atoms in total. The van der Waals surface area contributed by atoms with E-state index < -0.39 is 12.1 Å². The van der Waals surface area contributed by atoms with Crippen molar-refractivity contribution in [2.75, 3.05) is 39.8 Å². The molecule has 2 atom stereocenters. The number of nitrogens with zero attached hydrogens (tertiary/aromatic N) is 2. The standard InChI is InChI=1S/C32H36N4O3/c1-35(32(39)36-16-14-33-15-17-36)30(21-24-11-13-26-7-3-5-9-28(26)19-24)31(38)34-29(22-37)20-23-10-12-25-6-2-4-8-27(25)18-23/h2-13,18-19,29-30,33,37H,14-17,20-22H2,1H3,(H,34,38)/t29-,30-/m1/s1. The third-order valence-corrected chi connectivity index (χ3v) is 7.57. The Kier molecular flexibility index (Phi) is 8.39. The molecule has 0 bridgehead atoms. The van der Waals surface area contributed by atoms with E-state index in [2.05, 4.69) is 53.1 Å². The van der Waals surface area contributed by atoms with Crippen LogP contribution in [-0.4, -0.2) is 78.8 Å². The van der Waals surface area contributed by atoms with Gasteiger partial charge in [0.1, 0.15) is 6.04 Å². The predicted octanol–water partition coefficient (Wildman–Crippen LogP) is 3.58. The number of carbonyl (C=O) groups excluding carboxylic acids is 2. The first-order valence-electron chi connectivity index (χ1n) is 13.6. The summed E-state index contributed by atoms with van der Waals surface area (Å²) >= 11 is 0. The van der Waals surface area contributed by atoms with Crippen molar-refractivity contribution in [2.45, 2.75) is 24.9 Å².